The maximum absolute atomic E-state index is 3.56. The van der Waals surface area contributed by atoms with E-state index in [-0.39, 0.29) is 0 Å². The molecule has 0 aliphatic heterocycles. The first-order chi connectivity index (χ1) is 10.9. The van der Waals surface area contributed by atoms with E-state index in [0.29, 0.717) is 0 Å². The Balaban J connectivity index is 1.85. The van der Waals surface area contributed by atoms with Crippen molar-refractivity contribution in [3.8, 4) is 0 Å². The molecule has 0 saturated carbocycles. The summed E-state index contributed by atoms with van der Waals surface area (Å²) >= 11 is 0. The van der Waals surface area contributed by atoms with E-state index in [9.17, 15) is 0 Å². The van der Waals surface area contributed by atoms with E-state index in [1.54, 1.807) is 0 Å². The van der Waals surface area contributed by atoms with Crippen LogP contribution >= 0.6 is 0 Å². The van der Waals surface area contributed by atoms with E-state index in [4.69, 9.17) is 0 Å². The van der Waals surface area contributed by atoms with Crippen molar-refractivity contribution in [2.75, 3.05) is 0 Å². The number of hydrogen-bond donors (Lipinski definition) is 1. The minimum atomic E-state index is 0.814. The fraction of sp³-hybridized carbons (Fsp3) is 0.0476. The van der Waals surface area contributed by atoms with Crippen LogP contribution in [0.4, 0.5) is 0 Å². The predicted octanol–water partition coefficient (Wildman–Crippen LogP) is 4.97. The molecule has 0 aromatic heterocycles. The van der Waals surface area contributed by atoms with Crippen LogP contribution in [-0.2, 0) is 6.54 Å². The van der Waals surface area contributed by atoms with Crippen LogP contribution in [0.25, 0.3) is 11.8 Å². The van der Waals surface area contributed by atoms with Crippen LogP contribution in [0, 0.1) is 0 Å². The highest BCUT2D eigenvalue weighted by Gasteiger charge is 2.01. The molecule has 0 atom stereocenters. The van der Waals surface area contributed by atoms with E-state index in [1.165, 1.54) is 16.7 Å². The van der Waals surface area contributed by atoms with Crippen LogP contribution in [0.3, 0.4) is 0 Å². The van der Waals surface area contributed by atoms with Gasteiger partial charge in [0.25, 0.3) is 0 Å². The molecule has 0 radical (unpaired) electrons. The zero-order valence-corrected chi connectivity index (χ0v) is 12.4. The first-order valence-corrected chi connectivity index (χ1v) is 7.52. The Bertz CT molecular complexity index is 716. The van der Waals surface area contributed by atoms with Gasteiger partial charge in [-0.2, -0.15) is 0 Å². The van der Waals surface area contributed by atoms with Crippen LogP contribution < -0.4 is 5.32 Å². The summed E-state index contributed by atoms with van der Waals surface area (Å²) in [6.45, 7) is 0.814. The third-order valence-corrected chi connectivity index (χ3v) is 3.52. The van der Waals surface area contributed by atoms with Crippen molar-refractivity contribution >= 4 is 11.8 Å². The Morgan fingerprint density at radius 3 is 1.86 bits per heavy atom. The Morgan fingerprint density at radius 1 is 0.682 bits per heavy atom. The number of rotatable bonds is 5. The minimum absolute atomic E-state index is 0.814. The molecule has 0 aliphatic rings. The van der Waals surface area contributed by atoms with E-state index >= 15 is 0 Å². The number of nitrogens with one attached hydrogen (secondary N) is 1. The lowest BCUT2D eigenvalue weighted by Crippen LogP contribution is -2.11. The number of hydrogen-bond acceptors (Lipinski definition) is 1. The lowest BCUT2D eigenvalue weighted by molar-refractivity contribution is 0.893. The first kappa shape index (κ1) is 14.2. The predicted molar refractivity (Wildman–Crippen MR) is 94.0 cm³/mol. The summed E-state index contributed by atoms with van der Waals surface area (Å²) < 4.78 is 0. The van der Waals surface area contributed by atoms with Crippen molar-refractivity contribution in [3.63, 3.8) is 0 Å². The zero-order valence-electron chi connectivity index (χ0n) is 12.4. The van der Waals surface area contributed by atoms with Gasteiger partial charge in [-0.15, -0.1) is 0 Å². The van der Waals surface area contributed by atoms with Crippen molar-refractivity contribution in [1.82, 2.24) is 5.32 Å². The summed E-state index contributed by atoms with van der Waals surface area (Å²) in [5.41, 5.74) is 4.80. The van der Waals surface area contributed by atoms with E-state index in [0.717, 1.165) is 12.2 Å². The quantitative estimate of drug-likeness (QED) is 0.652. The van der Waals surface area contributed by atoms with Crippen LogP contribution in [-0.4, -0.2) is 0 Å². The molecule has 0 heterocycles. The molecule has 0 amide bonds. The van der Waals surface area contributed by atoms with E-state index in [1.807, 2.05) is 18.2 Å². The smallest absolute Gasteiger partial charge is 0.0422 e. The second-order valence-electron chi connectivity index (χ2n) is 5.17. The summed E-state index contributed by atoms with van der Waals surface area (Å²) in [5.74, 6) is 0. The summed E-state index contributed by atoms with van der Waals surface area (Å²) in [6.07, 6.45) is 2.19. The fourth-order valence-corrected chi connectivity index (χ4v) is 2.36. The molecule has 1 heteroatoms. The van der Waals surface area contributed by atoms with Crippen molar-refractivity contribution in [2.45, 2.75) is 6.54 Å². The SMILES string of the molecule is C(=C(NCc1ccccc1)c1ccccc1)c1ccccc1. The molecule has 0 fully saturated rings. The van der Waals surface area contributed by atoms with Gasteiger partial charge in [-0.25, -0.2) is 0 Å². The van der Waals surface area contributed by atoms with Gasteiger partial charge in [0, 0.05) is 12.2 Å². The average molecular weight is 285 g/mol. The topological polar surface area (TPSA) is 12.0 Å². The first-order valence-electron chi connectivity index (χ1n) is 7.52. The zero-order chi connectivity index (χ0) is 15.0. The van der Waals surface area contributed by atoms with Crippen molar-refractivity contribution < 1.29 is 0 Å². The molecular formula is C21H19N. The van der Waals surface area contributed by atoms with Crippen molar-refractivity contribution in [3.05, 3.63) is 108 Å². The average Bonchev–Trinajstić information content (AvgIpc) is 2.61. The summed E-state index contributed by atoms with van der Waals surface area (Å²) in [7, 11) is 0. The summed E-state index contributed by atoms with van der Waals surface area (Å²) in [6, 6.07) is 31.3. The maximum Gasteiger partial charge on any atom is 0.0422 e. The highest BCUT2D eigenvalue weighted by molar-refractivity contribution is 5.80. The minimum Gasteiger partial charge on any atom is -0.380 e. The molecule has 22 heavy (non-hydrogen) atoms. The second kappa shape index (κ2) is 7.28. The van der Waals surface area contributed by atoms with E-state index in [2.05, 4.69) is 84.2 Å². The Kier molecular flexibility index (Phi) is 4.68. The maximum atomic E-state index is 3.56. The standard InChI is InChI=1S/C21H19N/c1-4-10-18(11-5-1)16-21(20-14-8-3-9-15-20)22-17-19-12-6-2-7-13-19/h1-16,22H,17H2. The highest BCUT2D eigenvalue weighted by atomic mass is 14.9. The molecule has 108 valence electrons. The van der Waals surface area contributed by atoms with Gasteiger partial charge in [0.15, 0.2) is 0 Å². The molecular weight excluding hydrogens is 266 g/mol. The van der Waals surface area contributed by atoms with Crippen molar-refractivity contribution in [1.29, 1.82) is 0 Å². The third-order valence-electron chi connectivity index (χ3n) is 3.52. The van der Waals surface area contributed by atoms with Crippen LogP contribution in [0.5, 0.6) is 0 Å². The lowest BCUT2D eigenvalue weighted by atomic mass is 10.1. The fourth-order valence-electron chi connectivity index (χ4n) is 2.36. The van der Waals surface area contributed by atoms with Gasteiger partial charge in [-0.1, -0.05) is 91.0 Å². The monoisotopic (exact) mass is 285 g/mol. The molecule has 0 bridgehead atoms. The third kappa shape index (κ3) is 3.86. The normalized spacial score (nSPS) is 11.2. The summed E-state index contributed by atoms with van der Waals surface area (Å²) in [5, 5.41) is 3.56. The second-order valence-corrected chi connectivity index (χ2v) is 5.17. The van der Waals surface area contributed by atoms with Crippen LogP contribution in [0.2, 0.25) is 0 Å². The van der Waals surface area contributed by atoms with Gasteiger partial charge in [0.05, 0.1) is 0 Å². The number of benzene rings is 3. The molecule has 3 rings (SSSR count). The molecule has 3 aromatic carbocycles. The molecule has 0 aliphatic carbocycles. The largest absolute Gasteiger partial charge is 0.380 e. The Hall–Kier alpha value is -2.80. The van der Waals surface area contributed by atoms with Gasteiger partial charge < -0.3 is 5.32 Å². The van der Waals surface area contributed by atoms with Gasteiger partial charge in [-0.05, 0) is 22.8 Å². The Labute approximate surface area is 132 Å². The van der Waals surface area contributed by atoms with Gasteiger partial charge >= 0.3 is 0 Å². The van der Waals surface area contributed by atoms with E-state index < -0.39 is 0 Å². The summed E-state index contributed by atoms with van der Waals surface area (Å²) in [4.78, 5) is 0. The van der Waals surface area contributed by atoms with Gasteiger partial charge in [-0.3, -0.25) is 0 Å². The molecule has 0 unspecified atom stereocenters. The molecule has 1 nitrogen and oxygen atoms in total. The highest BCUT2D eigenvalue weighted by Crippen LogP contribution is 2.16. The molecule has 0 spiro atoms. The van der Waals surface area contributed by atoms with Crippen molar-refractivity contribution in [2.24, 2.45) is 0 Å². The molecule has 0 saturated heterocycles. The van der Waals surface area contributed by atoms with Gasteiger partial charge in [0.2, 0.25) is 0 Å². The van der Waals surface area contributed by atoms with Crippen LogP contribution in [0.1, 0.15) is 16.7 Å². The lowest BCUT2D eigenvalue weighted by Gasteiger charge is -2.12. The molecule has 1 N–H and O–H groups in total. The Morgan fingerprint density at radius 2 is 1.23 bits per heavy atom. The van der Waals surface area contributed by atoms with Crippen LogP contribution in [0.15, 0.2) is 91.0 Å². The molecule has 3 aromatic rings. The van der Waals surface area contributed by atoms with Gasteiger partial charge in [0.1, 0.15) is 0 Å².